The number of hydrogen-bond donors (Lipinski definition) is 2. The Balaban J connectivity index is 2.78. The summed E-state index contributed by atoms with van der Waals surface area (Å²) in [6.07, 6.45) is -9.62. The van der Waals surface area contributed by atoms with Crippen molar-refractivity contribution in [3.05, 3.63) is 47.5 Å². The summed E-state index contributed by atoms with van der Waals surface area (Å²) in [5.74, 6) is 0. The van der Waals surface area contributed by atoms with E-state index < -0.39 is 34.6 Å². The SMILES string of the molecule is Nc1ccc(-c2ccc([NH3+])cc2C(F)(F)F)c(C(F)(F)F)c1. The smallest absolute Gasteiger partial charge is 0.399 e. The van der Waals surface area contributed by atoms with Crippen LogP contribution in [0.3, 0.4) is 0 Å². The molecule has 22 heavy (non-hydrogen) atoms. The third kappa shape index (κ3) is 3.16. The lowest BCUT2D eigenvalue weighted by molar-refractivity contribution is -0.255. The summed E-state index contributed by atoms with van der Waals surface area (Å²) in [5, 5.41) is 0. The molecule has 2 rings (SSSR count). The Kier molecular flexibility index (Phi) is 3.82. The van der Waals surface area contributed by atoms with Gasteiger partial charge in [-0.2, -0.15) is 26.3 Å². The molecule has 0 aromatic heterocycles. The molecule has 0 heterocycles. The minimum atomic E-state index is -4.82. The Labute approximate surface area is 121 Å². The summed E-state index contributed by atoms with van der Waals surface area (Å²) in [4.78, 5) is 0. The van der Waals surface area contributed by atoms with Crippen molar-refractivity contribution in [2.45, 2.75) is 12.4 Å². The van der Waals surface area contributed by atoms with Gasteiger partial charge in [0.1, 0.15) is 5.69 Å². The molecule has 0 amide bonds. The van der Waals surface area contributed by atoms with Gasteiger partial charge in [-0.1, -0.05) is 6.07 Å². The Hall–Kier alpha value is -2.22. The average molecular weight is 321 g/mol. The zero-order chi connectivity index (χ0) is 16.7. The number of nitrogen functional groups attached to an aromatic ring is 1. The molecule has 0 aliphatic rings. The highest BCUT2D eigenvalue weighted by molar-refractivity contribution is 5.75. The second-order valence-electron chi connectivity index (χ2n) is 4.68. The Bertz CT molecular complexity index is 642. The van der Waals surface area contributed by atoms with Crippen LogP contribution in [0.25, 0.3) is 11.1 Å². The zero-order valence-corrected chi connectivity index (χ0v) is 11.0. The number of nitrogens with two attached hydrogens (primary N) is 1. The van der Waals surface area contributed by atoms with Gasteiger partial charge >= 0.3 is 12.4 Å². The number of anilines is 1. The van der Waals surface area contributed by atoms with Crippen LogP contribution < -0.4 is 11.5 Å². The number of alkyl halides is 6. The van der Waals surface area contributed by atoms with Crippen molar-refractivity contribution in [1.82, 2.24) is 0 Å². The third-order valence-corrected chi connectivity index (χ3v) is 3.03. The van der Waals surface area contributed by atoms with E-state index in [0.29, 0.717) is 12.1 Å². The van der Waals surface area contributed by atoms with Gasteiger partial charge < -0.3 is 11.5 Å². The lowest BCUT2D eigenvalue weighted by atomic mass is 9.94. The molecule has 0 saturated heterocycles. The molecule has 0 saturated carbocycles. The molecule has 118 valence electrons. The molecule has 0 unspecified atom stereocenters. The maximum atomic E-state index is 13.1. The summed E-state index contributed by atoms with van der Waals surface area (Å²) in [6, 6.07) is 5.60. The lowest BCUT2D eigenvalue weighted by Crippen LogP contribution is -2.40. The zero-order valence-electron chi connectivity index (χ0n) is 11.0. The van der Waals surface area contributed by atoms with Crippen LogP contribution in [0.2, 0.25) is 0 Å². The van der Waals surface area contributed by atoms with E-state index in [1.165, 1.54) is 6.07 Å². The quantitative estimate of drug-likeness (QED) is 0.608. The van der Waals surface area contributed by atoms with E-state index in [1.54, 1.807) is 0 Å². The number of quaternary nitrogens is 1. The first-order valence-electron chi connectivity index (χ1n) is 6.00. The van der Waals surface area contributed by atoms with Gasteiger partial charge in [0.05, 0.1) is 11.1 Å². The number of rotatable bonds is 1. The number of hydrogen-bond acceptors (Lipinski definition) is 1. The van der Waals surface area contributed by atoms with E-state index in [1.807, 2.05) is 0 Å². The van der Waals surface area contributed by atoms with Crippen molar-refractivity contribution in [2.75, 3.05) is 5.73 Å². The largest absolute Gasteiger partial charge is 0.417 e. The van der Waals surface area contributed by atoms with Crippen molar-refractivity contribution in [1.29, 1.82) is 0 Å². The highest BCUT2D eigenvalue weighted by atomic mass is 19.4. The van der Waals surface area contributed by atoms with Crippen molar-refractivity contribution >= 4 is 11.4 Å². The van der Waals surface area contributed by atoms with Crippen LogP contribution in [0.15, 0.2) is 36.4 Å². The molecule has 0 bridgehead atoms. The predicted octanol–water partition coefficient (Wildman–Crippen LogP) is 3.85. The van der Waals surface area contributed by atoms with Crippen LogP contribution in [-0.2, 0) is 12.4 Å². The second kappa shape index (κ2) is 5.20. The van der Waals surface area contributed by atoms with Gasteiger partial charge in [-0.05, 0) is 35.4 Å². The first-order valence-corrected chi connectivity index (χ1v) is 6.00. The maximum Gasteiger partial charge on any atom is 0.417 e. The minimum absolute atomic E-state index is 0.0556. The summed E-state index contributed by atoms with van der Waals surface area (Å²) in [5.41, 5.74) is 5.04. The van der Waals surface area contributed by atoms with Crippen LogP contribution >= 0.6 is 0 Å². The molecular weight excluding hydrogens is 310 g/mol. The summed E-state index contributed by atoms with van der Waals surface area (Å²) in [7, 11) is 0. The van der Waals surface area contributed by atoms with Gasteiger partial charge in [0, 0.05) is 11.8 Å². The van der Waals surface area contributed by atoms with Crippen LogP contribution in [-0.4, -0.2) is 0 Å². The van der Waals surface area contributed by atoms with Gasteiger partial charge in [-0.25, -0.2) is 0 Å². The monoisotopic (exact) mass is 321 g/mol. The van der Waals surface area contributed by atoms with E-state index in [4.69, 9.17) is 5.73 Å². The van der Waals surface area contributed by atoms with Crippen LogP contribution in [0.1, 0.15) is 11.1 Å². The van der Waals surface area contributed by atoms with Crippen molar-refractivity contribution in [2.24, 2.45) is 0 Å². The standard InChI is InChI=1S/C14H10F6N2/c15-13(16,17)11-5-7(21)1-3-9(11)10-4-2-8(22)6-12(10)14(18,19)20/h1-6H,21-22H2/p+1. The van der Waals surface area contributed by atoms with Crippen molar-refractivity contribution in [3.8, 4) is 11.1 Å². The number of halogens is 6. The predicted molar refractivity (Wildman–Crippen MR) is 68.8 cm³/mol. The van der Waals surface area contributed by atoms with Crippen LogP contribution in [0, 0.1) is 0 Å². The Morgan fingerprint density at radius 1 is 0.727 bits per heavy atom. The number of benzene rings is 2. The molecule has 0 radical (unpaired) electrons. The topological polar surface area (TPSA) is 53.7 Å². The van der Waals surface area contributed by atoms with E-state index in [2.05, 4.69) is 5.73 Å². The van der Waals surface area contributed by atoms with Gasteiger partial charge in [0.25, 0.3) is 0 Å². The first kappa shape index (κ1) is 16.2. The lowest BCUT2D eigenvalue weighted by Gasteiger charge is -2.18. The third-order valence-electron chi connectivity index (χ3n) is 3.03. The normalized spacial score (nSPS) is 12.5. The molecule has 8 heteroatoms. The molecule has 2 aromatic carbocycles. The van der Waals surface area contributed by atoms with E-state index >= 15 is 0 Å². The van der Waals surface area contributed by atoms with Crippen LogP contribution in [0.4, 0.5) is 37.7 Å². The molecule has 0 atom stereocenters. The fraction of sp³-hybridized carbons (Fsp3) is 0.143. The fourth-order valence-electron chi connectivity index (χ4n) is 2.09. The van der Waals surface area contributed by atoms with E-state index in [0.717, 1.165) is 18.2 Å². The highest BCUT2D eigenvalue weighted by Crippen LogP contribution is 2.43. The summed E-state index contributed by atoms with van der Waals surface area (Å²) >= 11 is 0. The molecule has 0 aliphatic heterocycles. The maximum absolute atomic E-state index is 13.1. The second-order valence-corrected chi connectivity index (χ2v) is 4.68. The van der Waals surface area contributed by atoms with Gasteiger partial charge in [-0.3, -0.25) is 0 Å². The summed E-state index contributed by atoms with van der Waals surface area (Å²) < 4.78 is 78.5. The molecule has 0 fully saturated rings. The van der Waals surface area contributed by atoms with Crippen molar-refractivity contribution in [3.63, 3.8) is 0 Å². The molecule has 2 nitrogen and oxygen atoms in total. The Morgan fingerprint density at radius 2 is 1.18 bits per heavy atom. The fourth-order valence-corrected chi connectivity index (χ4v) is 2.09. The van der Waals surface area contributed by atoms with Crippen molar-refractivity contribution < 1.29 is 32.1 Å². The van der Waals surface area contributed by atoms with Gasteiger partial charge in [-0.15, -0.1) is 0 Å². The van der Waals surface area contributed by atoms with E-state index in [9.17, 15) is 26.3 Å². The molecular formula is C14H11F6N2+. The van der Waals surface area contributed by atoms with Crippen LogP contribution in [0.5, 0.6) is 0 Å². The summed E-state index contributed by atoms with van der Waals surface area (Å²) in [6.45, 7) is 0. The highest BCUT2D eigenvalue weighted by Gasteiger charge is 2.38. The first-order chi connectivity index (χ1) is 10.00. The molecule has 5 N–H and O–H groups in total. The average Bonchev–Trinajstić information content (AvgIpc) is 2.37. The van der Waals surface area contributed by atoms with Gasteiger partial charge in [0.2, 0.25) is 0 Å². The molecule has 0 spiro atoms. The van der Waals surface area contributed by atoms with E-state index in [-0.39, 0.29) is 11.4 Å². The molecule has 0 aliphatic carbocycles. The molecule has 2 aromatic rings. The van der Waals surface area contributed by atoms with Gasteiger partial charge in [0.15, 0.2) is 0 Å². The minimum Gasteiger partial charge on any atom is -0.399 e. The Morgan fingerprint density at radius 3 is 1.68 bits per heavy atom.